The SMILES string of the molecule is CC(C)(C)[Si](C)(C)Oc1cc(F)c(F)cc1N. The van der Waals surface area contributed by atoms with Crippen LogP contribution in [0.1, 0.15) is 20.8 Å². The number of rotatable bonds is 2. The fourth-order valence-electron chi connectivity index (χ4n) is 1.06. The van der Waals surface area contributed by atoms with Crippen LogP contribution in [0.15, 0.2) is 12.1 Å². The van der Waals surface area contributed by atoms with Crippen LogP contribution >= 0.6 is 0 Å². The topological polar surface area (TPSA) is 35.2 Å². The minimum absolute atomic E-state index is 0.0235. The first-order chi connectivity index (χ1) is 7.54. The summed E-state index contributed by atoms with van der Waals surface area (Å²) < 4.78 is 31.9. The Morgan fingerprint density at radius 2 is 1.59 bits per heavy atom. The molecule has 17 heavy (non-hydrogen) atoms. The van der Waals surface area contributed by atoms with Crippen molar-refractivity contribution >= 4 is 14.0 Å². The summed E-state index contributed by atoms with van der Waals surface area (Å²) in [5.74, 6) is -1.66. The van der Waals surface area contributed by atoms with Gasteiger partial charge in [0.05, 0.1) is 5.69 Å². The summed E-state index contributed by atoms with van der Waals surface area (Å²) in [6, 6.07) is 1.98. The van der Waals surface area contributed by atoms with Gasteiger partial charge in [0, 0.05) is 12.1 Å². The van der Waals surface area contributed by atoms with Gasteiger partial charge in [0.1, 0.15) is 5.75 Å². The van der Waals surface area contributed by atoms with E-state index in [0.29, 0.717) is 0 Å². The molecule has 5 heteroatoms. The molecule has 2 nitrogen and oxygen atoms in total. The van der Waals surface area contributed by atoms with Gasteiger partial charge in [-0.15, -0.1) is 0 Å². The largest absolute Gasteiger partial charge is 0.542 e. The fraction of sp³-hybridized carbons (Fsp3) is 0.500. The molecule has 0 aromatic heterocycles. The lowest BCUT2D eigenvalue weighted by Gasteiger charge is -2.36. The first-order valence-electron chi connectivity index (χ1n) is 5.48. The van der Waals surface area contributed by atoms with E-state index >= 15 is 0 Å². The van der Waals surface area contributed by atoms with Crippen LogP contribution in [0, 0.1) is 11.6 Å². The lowest BCUT2D eigenvalue weighted by molar-refractivity contribution is 0.473. The molecule has 0 saturated heterocycles. The van der Waals surface area contributed by atoms with Crippen LogP contribution in [0.4, 0.5) is 14.5 Å². The van der Waals surface area contributed by atoms with Gasteiger partial charge < -0.3 is 10.2 Å². The van der Waals surface area contributed by atoms with Crippen LogP contribution in [0.2, 0.25) is 18.1 Å². The number of benzene rings is 1. The van der Waals surface area contributed by atoms with Crippen molar-refractivity contribution in [2.24, 2.45) is 0 Å². The monoisotopic (exact) mass is 259 g/mol. The molecule has 0 spiro atoms. The van der Waals surface area contributed by atoms with Gasteiger partial charge in [0.15, 0.2) is 11.6 Å². The molecule has 1 rings (SSSR count). The van der Waals surface area contributed by atoms with Crippen LogP contribution in [0.5, 0.6) is 5.75 Å². The van der Waals surface area contributed by atoms with Crippen molar-refractivity contribution in [1.82, 2.24) is 0 Å². The average Bonchev–Trinajstić information content (AvgIpc) is 2.12. The van der Waals surface area contributed by atoms with Crippen LogP contribution in [-0.2, 0) is 0 Å². The Hall–Kier alpha value is -1.10. The first kappa shape index (κ1) is 14.0. The van der Waals surface area contributed by atoms with E-state index in [1.165, 1.54) is 0 Å². The van der Waals surface area contributed by atoms with E-state index in [4.69, 9.17) is 10.2 Å². The smallest absolute Gasteiger partial charge is 0.250 e. The predicted molar refractivity (Wildman–Crippen MR) is 68.6 cm³/mol. The van der Waals surface area contributed by atoms with Gasteiger partial charge in [-0.05, 0) is 18.1 Å². The van der Waals surface area contributed by atoms with Gasteiger partial charge in [0.25, 0.3) is 8.32 Å². The minimum atomic E-state index is -2.09. The Labute approximate surface area is 102 Å². The van der Waals surface area contributed by atoms with Gasteiger partial charge >= 0.3 is 0 Å². The molecule has 0 aliphatic rings. The highest BCUT2D eigenvalue weighted by Gasteiger charge is 2.39. The molecule has 0 amide bonds. The van der Waals surface area contributed by atoms with Crippen LogP contribution < -0.4 is 10.2 Å². The Bertz CT molecular complexity index is 427. The van der Waals surface area contributed by atoms with E-state index in [1.54, 1.807) is 0 Å². The number of anilines is 1. The molecule has 0 radical (unpaired) electrons. The third-order valence-electron chi connectivity index (χ3n) is 3.22. The average molecular weight is 259 g/mol. The molecular formula is C12H19F2NOSi. The summed E-state index contributed by atoms with van der Waals surface area (Å²) in [5, 5.41) is -0.0235. The zero-order valence-corrected chi connectivity index (χ0v) is 11.9. The summed E-state index contributed by atoms with van der Waals surface area (Å²) in [7, 11) is -2.09. The van der Waals surface area contributed by atoms with Crippen molar-refractivity contribution in [3.8, 4) is 5.75 Å². The molecule has 0 saturated carbocycles. The molecule has 1 aromatic rings. The van der Waals surface area contributed by atoms with E-state index in [2.05, 4.69) is 20.8 Å². The summed E-state index contributed by atoms with van der Waals surface area (Å²) in [4.78, 5) is 0. The van der Waals surface area contributed by atoms with Crippen molar-refractivity contribution in [3.05, 3.63) is 23.8 Å². The van der Waals surface area contributed by atoms with Crippen molar-refractivity contribution in [3.63, 3.8) is 0 Å². The molecule has 0 fully saturated rings. The van der Waals surface area contributed by atoms with Crippen molar-refractivity contribution in [2.45, 2.75) is 38.9 Å². The second-order valence-electron chi connectivity index (χ2n) is 5.67. The molecule has 0 unspecified atom stereocenters. The van der Waals surface area contributed by atoms with Crippen LogP contribution in [0.3, 0.4) is 0 Å². The molecule has 1 aromatic carbocycles. The Balaban J connectivity index is 3.08. The quantitative estimate of drug-likeness (QED) is 0.645. The molecule has 2 N–H and O–H groups in total. The van der Waals surface area contributed by atoms with Gasteiger partial charge in [-0.3, -0.25) is 0 Å². The van der Waals surface area contributed by atoms with Gasteiger partial charge in [-0.1, -0.05) is 20.8 Å². The van der Waals surface area contributed by atoms with Gasteiger partial charge in [-0.25, -0.2) is 8.78 Å². The second kappa shape index (κ2) is 4.29. The normalized spacial score (nSPS) is 12.6. The number of nitrogen functional groups attached to an aromatic ring is 1. The Morgan fingerprint density at radius 1 is 1.12 bits per heavy atom. The van der Waals surface area contributed by atoms with E-state index in [0.717, 1.165) is 12.1 Å². The lowest BCUT2D eigenvalue weighted by Crippen LogP contribution is -2.44. The van der Waals surface area contributed by atoms with Crippen LogP contribution in [0.25, 0.3) is 0 Å². The van der Waals surface area contributed by atoms with Gasteiger partial charge in [0.2, 0.25) is 0 Å². The van der Waals surface area contributed by atoms with E-state index < -0.39 is 20.0 Å². The maximum absolute atomic E-state index is 13.1. The molecule has 0 bridgehead atoms. The predicted octanol–water partition coefficient (Wildman–Crippen LogP) is 3.93. The minimum Gasteiger partial charge on any atom is -0.542 e. The first-order valence-corrected chi connectivity index (χ1v) is 8.39. The third-order valence-corrected chi connectivity index (χ3v) is 7.57. The summed E-state index contributed by atoms with van der Waals surface area (Å²) in [6.45, 7) is 10.2. The summed E-state index contributed by atoms with van der Waals surface area (Å²) in [5.41, 5.74) is 5.76. The Morgan fingerprint density at radius 3 is 2.06 bits per heavy atom. The summed E-state index contributed by atoms with van der Waals surface area (Å²) >= 11 is 0. The zero-order valence-electron chi connectivity index (χ0n) is 10.9. The molecular weight excluding hydrogens is 240 g/mol. The number of hydrogen-bond donors (Lipinski definition) is 1. The highest BCUT2D eigenvalue weighted by Crippen LogP contribution is 2.39. The van der Waals surface area contributed by atoms with Crippen molar-refractivity contribution in [2.75, 3.05) is 5.73 Å². The highest BCUT2D eigenvalue weighted by molar-refractivity contribution is 6.74. The molecule has 0 atom stereocenters. The van der Waals surface area contributed by atoms with E-state index in [-0.39, 0.29) is 16.5 Å². The lowest BCUT2D eigenvalue weighted by atomic mass is 10.2. The maximum atomic E-state index is 13.1. The van der Waals surface area contributed by atoms with Crippen molar-refractivity contribution < 1.29 is 13.2 Å². The fourth-order valence-corrected chi connectivity index (χ4v) is 2.09. The summed E-state index contributed by atoms with van der Waals surface area (Å²) in [6.07, 6.45) is 0. The second-order valence-corrected chi connectivity index (χ2v) is 10.4. The zero-order chi connectivity index (χ0) is 13.4. The highest BCUT2D eigenvalue weighted by atomic mass is 28.4. The van der Waals surface area contributed by atoms with Gasteiger partial charge in [-0.2, -0.15) is 0 Å². The maximum Gasteiger partial charge on any atom is 0.250 e. The number of nitrogens with two attached hydrogens (primary N) is 1. The molecule has 96 valence electrons. The standard InChI is InChI=1S/C12H19F2NOSi/c1-12(2,3)17(4,5)16-11-7-9(14)8(13)6-10(11)15/h6-7H,15H2,1-5H3. The Kier molecular flexibility index (Phi) is 3.52. The van der Waals surface area contributed by atoms with Crippen LogP contribution in [-0.4, -0.2) is 8.32 Å². The number of hydrogen-bond acceptors (Lipinski definition) is 2. The molecule has 0 aliphatic carbocycles. The molecule has 0 heterocycles. The van der Waals surface area contributed by atoms with E-state index in [9.17, 15) is 8.78 Å². The third kappa shape index (κ3) is 2.97. The molecule has 0 aliphatic heterocycles. The number of halogens is 2. The van der Waals surface area contributed by atoms with E-state index in [1.807, 2.05) is 13.1 Å². The van der Waals surface area contributed by atoms with Crippen molar-refractivity contribution in [1.29, 1.82) is 0 Å².